The van der Waals surface area contributed by atoms with Crippen LogP contribution in [0.1, 0.15) is 50.1 Å². The van der Waals surface area contributed by atoms with Gasteiger partial charge in [0.2, 0.25) is 0 Å². The van der Waals surface area contributed by atoms with Crippen molar-refractivity contribution in [2.24, 2.45) is 5.92 Å². The van der Waals surface area contributed by atoms with Crippen LogP contribution in [0.5, 0.6) is 0 Å². The molecule has 7 nitrogen and oxygen atoms in total. The van der Waals surface area contributed by atoms with Crippen LogP contribution in [0.15, 0.2) is 55.2 Å². The largest absolute Gasteiger partial charge is 0.272 e. The summed E-state index contributed by atoms with van der Waals surface area (Å²) in [5.74, 6) is 0.536. The molecule has 3 aromatic heterocycles. The van der Waals surface area contributed by atoms with Crippen molar-refractivity contribution in [1.82, 2.24) is 24.4 Å². The maximum atomic E-state index is 9.24. The molecule has 7 heteroatoms. The third-order valence-corrected chi connectivity index (χ3v) is 6.59. The molecular formula is C26H25N7. The molecule has 0 atom stereocenters. The van der Waals surface area contributed by atoms with Gasteiger partial charge < -0.3 is 0 Å². The summed E-state index contributed by atoms with van der Waals surface area (Å²) >= 11 is 0. The van der Waals surface area contributed by atoms with E-state index in [0.29, 0.717) is 12.3 Å². The van der Waals surface area contributed by atoms with E-state index in [1.54, 1.807) is 0 Å². The van der Waals surface area contributed by atoms with E-state index in [9.17, 15) is 5.26 Å². The van der Waals surface area contributed by atoms with Crippen molar-refractivity contribution in [2.75, 3.05) is 0 Å². The Hall–Kier alpha value is -3.97. The van der Waals surface area contributed by atoms with Crippen molar-refractivity contribution >= 4 is 5.52 Å². The Morgan fingerprint density at radius 1 is 0.939 bits per heavy atom. The lowest BCUT2D eigenvalue weighted by Gasteiger charge is -2.24. The van der Waals surface area contributed by atoms with Gasteiger partial charge >= 0.3 is 0 Å². The highest BCUT2D eigenvalue weighted by atomic mass is 15.3. The molecule has 1 fully saturated rings. The summed E-state index contributed by atoms with van der Waals surface area (Å²) in [7, 11) is 0. The Morgan fingerprint density at radius 3 is 2.48 bits per heavy atom. The first kappa shape index (κ1) is 20.9. The minimum absolute atomic E-state index is 0.175. The third-order valence-electron chi connectivity index (χ3n) is 6.59. The molecular weight excluding hydrogens is 410 g/mol. The van der Waals surface area contributed by atoms with Crippen molar-refractivity contribution in [1.29, 1.82) is 10.5 Å². The summed E-state index contributed by atoms with van der Waals surface area (Å²) < 4.78 is 3.82. The highest BCUT2D eigenvalue weighted by Crippen LogP contribution is 2.38. The second kappa shape index (κ2) is 9.26. The average molecular weight is 436 g/mol. The van der Waals surface area contributed by atoms with Crippen LogP contribution in [-0.4, -0.2) is 24.4 Å². The standard InChI is InChI=1S/C26H25N7/c27-11-1-2-13-32-18-23(16-30-32)20-7-9-21(10-8-20)24-17-31-33-14-12-29-25(26(24)33)22-5-3-19(15-28)4-6-22/h7-10,12,14,16-19,22H,1-6,13H2. The van der Waals surface area contributed by atoms with E-state index < -0.39 is 0 Å². The van der Waals surface area contributed by atoms with Gasteiger partial charge in [-0.2, -0.15) is 20.7 Å². The summed E-state index contributed by atoms with van der Waals surface area (Å²) in [6.45, 7) is 0.750. The summed E-state index contributed by atoms with van der Waals surface area (Å²) in [6, 6.07) is 13.1. The molecule has 1 aliphatic carbocycles. The van der Waals surface area contributed by atoms with Gasteiger partial charge in [-0.05, 0) is 43.2 Å². The van der Waals surface area contributed by atoms with Gasteiger partial charge in [-0.15, -0.1) is 0 Å². The van der Waals surface area contributed by atoms with Crippen LogP contribution >= 0.6 is 0 Å². The zero-order chi connectivity index (χ0) is 22.6. The zero-order valence-electron chi connectivity index (χ0n) is 18.4. The van der Waals surface area contributed by atoms with Crippen LogP contribution in [0.3, 0.4) is 0 Å². The molecule has 4 aromatic rings. The maximum absolute atomic E-state index is 9.24. The van der Waals surface area contributed by atoms with Gasteiger partial charge in [-0.1, -0.05) is 24.3 Å². The molecule has 0 radical (unpaired) electrons. The van der Waals surface area contributed by atoms with E-state index in [1.807, 2.05) is 40.2 Å². The minimum Gasteiger partial charge on any atom is -0.272 e. The molecule has 0 bridgehead atoms. The number of nitrogens with zero attached hydrogens (tertiary/aromatic N) is 7. The number of aryl methyl sites for hydroxylation is 1. The fourth-order valence-corrected chi connectivity index (χ4v) is 4.77. The van der Waals surface area contributed by atoms with Gasteiger partial charge in [0.15, 0.2) is 0 Å². The Bertz CT molecular complexity index is 1330. The lowest BCUT2D eigenvalue weighted by atomic mass is 9.80. The van der Waals surface area contributed by atoms with Crippen LogP contribution in [0.4, 0.5) is 0 Å². The molecule has 0 aliphatic heterocycles. The Morgan fingerprint density at radius 2 is 1.73 bits per heavy atom. The van der Waals surface area contributed by atoms with E-state index in [0.717, 1.165) is 72.1 Å². The highest BCUT2D eigenvalue weighted by Gasteiger charge is 2.26. The summed E-state index contributed by atoms with van der Waals surface area (Å²) in [5, 5.41) is 27.0. The number of fused-ring (bicyclic) bond motifs is 1. The normalized spacial score (nSPS) is 18.1. The molecule has 0 saturated heterocycles. The second-order valence-corrected chi connectivity index (χ2v) is 8.67. The first-order chi connectivity index (χ1) is 16.3. The third kappa shape index (κ3) is 4.23. The second-order valence-electron chi connectivity index (χ2n) is 8.67. The Balaban J connectivity index is 1.41. The zero-order valence-corrected chi connectivity index (χ0v) is 18.4. The van der Waals surface area contributed by atoms with Gasteiger partial charge in [0.05, 0.1) is 35.7 Å². The van der Waals surface area contributed by atoms with E-state index in [4.69, 9.17) is 10.2 Å². The van der Waals surface area contributed by atoms with Gasteiger partial charge in [-0.25, -0.2) is 4.52 Å². The van der Waals surface area contributed by atoms with Crippen molar-refractivity contribution in [3.05, 3.63) is 60.9 Å². The topological polar surface area (TPSA) is 95.6 Å². The fourth-order valence-electron chi connectivity index (χ4n) is 4.77. The van der Waals surface area contributed by atoms with Gasteiger partial charge in [0, 0.05) is 54.5 Å². The SMILES string of the molecule is N#CCCCn1cc(-c2ccc(-c3cnn4ccnc(C5CCC(C#N)CC5)c34)cc2)cn1. The smallest absolute Gasteiger partial charge is 0.0958 e. The predicted octanol–water partition coefficient (Wildman–Crippen LogP) is 5.36. The Kier molecular flexibility index (Phi) is 5.87. The van der Waals surface area contributed by atoms with Crippen LogP contribution in [-0.2, 0) is 6.54 Å². The van der Waals surface area contributed by atoms with Crippen molar-refractivity contribution in [3.8, 4) is 34.4 Å². The number of benzene rings is 1. The van der Waals surface area contributed by atoms with Gasteiger partial charge in [-0.3, -0.25) is 9.67 Å². The first-order valence-corrected chi connectivity index (χ1v) is 11.5. The van der Waals surface area contributed by atoms with Gasteiger partial charge in [0.1, 0.15) is 0 Å². The number of hydrogen-bond acceptors (Lipinski definition) is 5. The van der Waals surface area contributed by atoms with E-state index in [1.165, 1.54) is 0 Å². The van der Waals surface area contributed by atoms with E-state index >= 15 is 0 Å². The highest BCUT2D eigenvalue weighted by molar-refractivity contribution is 5.83. The molecule has 1 saturated carbocycles. The van der Waals surface area contributed by atoms with Crippen molar-refractivity contribution in [3.63, 3.8) is 0 Å². The summed E-state index contributed by atoms with van der Waals surface area (Å²) in [4.78, 5) is 4.76. The minimum atomic E-state index is 0.175. The lowest BCUT2D eigenvalue weighted by molar-refractivity contribution is 0.378. The molecule has 33 heavy (non-hydrogen) atoms. The van der Waals surface area contributed by atoms with E-state index in [-0.39, 0.29) is 5.92 Å². The molecule has 5 rings (SSSR count). The molecule has 3 heterocycles. The fraction of sp³-hybridized carbons (Fsp3) is 0.346. The monoisotopic (exact) mass is 435 g/mol. The predicted molar refractivity (Wildman–Crippen MR) is 125 cm³/mol. The number of aromatic nitrogens is 5. The molecule has 1 aromatic carbocycles. The first-order valence-electron chi connectivity index (χ1n) is 11.5. The van der Waals surface area contributed by atoms with Crippen LogP contribution in [0.25, 0.3) is 27.8 Å². The van der Waals surface area contributed by atoms with Crippen molar-refractivity contribution in [2.45, 2.75) is 51.0 Å². The van der Waals surface area contributed by atoms with Crippen LogP contribution in [0, 0.1) is 28.6 Å². The molecule has 0 spiro atoms. The van der Waals surface area contributed by atoms with Crippen LogP contribution < -0.4 is 0 Å². The van der Waals surface area contributed by atoms with Crippen molar-refractivity contribution < 1.29 is 0 Å². The Labute approximate surface area is 192 Å². The maximum Gasteiger partial charge on any atom is 0.0958 e. The van der Waals surface area contributed by atoms with Gasteiger partial charge in [0.25, 0.3) is 0 Å². The van der Waals surface area contributed by atoms with E-state index in [2.05, 4.69) is 46.6 Å². The summed E-state index contributed by atoms with van der Waals surface area (Å²) in [5.41, 5.74) is 6.51. The number of hydrogen-bond donors (Lipinski definition) is 0. The lowest BCUT2D eigenvalue weighted by Crippen LogP contribution is -2.14. The van der Waals surface area contributed by atoms with Crippen LogP contribution in [0.2, 0.25) is 0 Å². The molecule has 164 valence electrons. The molecule has 0 unspecified atom stereocenters. The number of nitriles is 2. The molecule has 1 aliphatic rings. The number of unbranched alkanes of at least 4 members (excludes halogenated alkanes) is 1. The summed E-state index contributed by atoms with van der Waals surface area (Å²) in [6.07, 6.45) is 14.8. The molecule has 0 N–H and O–H groups in total. The molecule has 0 amide bonds. The average Bonchev–Trinajstić information content (AvgIpc) is 3.52. The number of rotatable bonds is 6. The quantitative estimate of drug-likeness (QED) is 0.380.